The van der Waals surface area contributed by atoms with Gasteiger partial charge in [0, 0.05) is 18.4 Å². The average Bonchev–Trinajstić information content (AvgIpc) is 2.42. The van der Waals surface area contributed by atoms with E-state index in [1.807, 2.05) is 35.4 Å². The van der Waals surface area contributed by atoms with Gasteiger partial charge in [-0.2, -0.15) is 5.26 Å². The number of carbonyl (C=O) groups excluding carboxylic acids is 1. The number of esters is 1. The summed E-state index contributed by atoms with van der Waals surface area (Å²) in [5.74, 6) is -0.604. The van der Waals surface area contributed by atoms with Crippen molar-refractivity contribution in [2.45, 2.75) is 6.92 Å². The van der Waals surface area contributed by atoms with E-state index in [1.54, 1.807) is 19.1 Å². The van der Waals surface area contributed by atoms with Crippen LogP contribution in [0.1, 0.15) is 6.92 Å². The van der Waals surface area contributed by atoms with Crippen molar-refractivity contribution in [3.05, 3.63) is 60.5 Å². The third kappa shape index (κ3) is 4.32. The van der Waals surface area contributed by atoms with Gasteiger partial charge >= 0.3 is 5.97 Å². The van der Waals surface area contributed by atoms with E-state index in [0.717, 1.165) is 5.70 Å². The lowest BCUT2D eigenvalue weighted by Crippen LogP contribution is -2.16. The molecule has 98 valence electrons. The number of nitrogens with zero attached hydrogens (tertiary/aromatic N) is 2. The van der Waals surface area contributed by atoms with Gasteiger partial charge in [0.15, 0.2) is 0 Å². The maximum atomic E-state index is 11.5. The highest BCUT2D eigenvalue weighted by molar-refractivity contribution is 5.93. The highest BCUT2D eigenvalue weighted by Gasteiger charge is 2.09. The predicted octanol–water partition coefficient (Wildman–Crippen LogP) is 2.45. The van der Waals surface area contributed by atoms with Crippen LogP contribution in [0.15, 0.2) is 60.5 Å². The van der Waals surface area contributed by atoms with Gasteiger partial charge in [-0.1, -0.05) is 12.2 Å². The minimum Gasteiger partial charge on any atom is -0.462 e. The zero-order valence-electron chi connectivity index (χ0n) is 10.9. The maximum Gasteiger partial charge on any atom is 0.348 e. The first-order valence-corrected chi connectivity index (χ1v) is 5.94. The standard InChI is InChI=1S/C15H16N2O2/c1-3-10-17-11-6-5-7-14(17)9-8-13(12-16)15(18)19-4-2/h3,5-9,11H,1,4,10H2,2H3/b13-8+,14-9+. The van der Waals surface area contributed by atoms with E-state index in [4.69, 9.17) is 10.00 Å². The summed E-state index contributed by atoms with van der Waals surface area (Å²) in [6.45, 7) is 6.29. The molecular weight excluding hydrogens is 240 g/mol. The van der Waals surface area contributed by atoms with E-state index in [-0.39, 0.29) is 12.2 Å². The highest BCUT2D eigenvalue weighted by Crippen LogP contribution is 2.13. The van der Waals surface area contributed by atoms with E-state index < -0.39 is 5.97 Å². The molecule has 0 aromatic rings. The van der Waals surface area contributed by atoms with Crippen LogP contribution in [0.3, 0.4) is 0 Å². The van der Waals surface area contributed by atoms with Crippen molar-refractivity contribution in [3.8, 4) is 6.07 Å². The Balaban J connectivity index is 2.90. The van der Waals surface area contributed by atoms with Gasteiger partial charge in [0.25, 0.3) is 0 Å². The van der Waals surface area contributed by atoms with Crippen molar-refractivity contribution in [3.63, 3.8) is 0 Å². The molecule has 0 atom stereocenters. The van der Waals surface area contributed by atoms with Gasteiger partial charge in [-0.25, -0.2) is 4.79 Å². The molecule has 0 bridgehead atoms. The van der Waals surface area contributed by atoms with Gasteiger partial charge in [-0.15, -0.1) is 6.58 Å². The molecule has 0 radical (unpaired) electrons. The minimum atomic E-state index is -0.604. The Morgan fingerprint density at radius 2 is 2.37 bits per heavy atom. The zero-order valence-corrected chi connectivity index (χ0v) is 10.9. The molecule has 1 rings (SSSR count). The second-order valence-electron chi connectivity index (χ2n) is 3.65. The molecule has 0 fully saturated rings. The maximum absolute atomic E-state index is 11.5. The van der Waals surface area contributed by atoms with E-state index in [1.165, 1.54) is 6.08 Å². The number of ether oxygens (including phenoxy) is 1. The molecule has 1 aliphatic rings. The lowest BCUT2D eigenvalue weighted by Gasteiger charge is -2.21. The predicted molar refractivity (Wildman–Crippen MR) is 73.6 cm³/mol. The van der Waals surface area contributed by atoms with Crippen molar-refractivity contribution in [1.29, 1.82) is 5.26 Å². The molecule has 19 heavy (non-hydrogen) atoms. The topological polar surface area (TPSA) is 53.3 Å². The third-order valence-corrected chi connectivity index (χ3v) is 2.34. The molecule has 0 unspecified atom stereocenters. The second-order valence-corrected chi connectivity index (χ2v) is 3.65. The summed E-state index contributed by atoms with van der Waals surface area (Å²) in [6.07, 6.45) is 12.5. The molecule has 0 aliphatic carbocycles. The molecular formula is C15H16N2O2. The van der Waals surface area contributed by atoms with Crippen molar-refractivity contribution in [2.24, 2.45) is 0 Å². The van der Waals surface area contributed by atoms with Gasteiger partial charge in [-0.05, 0) is 31.2 Å². The van der Waals surface area contributed by atoms with Crippen molar-refractivity contribution in [2.75, 3.05) is 13.2 Å². The van der Waals surface area contributed by atoms with Gasteiger partial charge in [0.1, 0.15) is 11.6 Å². The molecule has 0 aromatic carbocycles. The Morgan fingerprint density at radius 3 is 3.00 bits per heavy atom. The van der Waals surface area contributed by atoms with Gasteiger partial charge < -0.3 is 9.64 Å². The van der Waals surface area contributed by atoms with Crippen molar-refractivity contribution >= 4 is 5.97 Å². The smallest absolute Gasteiger partial charge is 0.348 e. The summed E-state index contributed by atoms with van der Waals surface area (Å²) in [6, 6.07) is 1.83. The molecule has 4 heteroatoms. The van der Waals surface area contributed by atoms with Gasteiger partial charge in [-0.3, -0.25) is 0 Å². The van der Waals surface area contributed by atoms with E-state index >= 15 is 0 Å². The van der Waals surface area contributed by atoms with Crippen molar-refractivity contribution in [1.82, 2.24) is 4.90 Å². The lowest BCUT2D eigenvalue weighted by atomic mass is 10.2. The first-order valence-electron chi connectivity index (χ1n) is 5.94. The summed E-state index contributed by atoms with van der Waals surface area (Å²) < 4.78 is 4.79. The highest BCUT2D eigenvalue weighted by atomic mass is 16.5. The summed E-state index contributed by atoms with van der Waals surface area (Å²) >= 11 is 0. The number of carbonyl (C=O) groups is 1. The summed E-state index contributed by atoms with van der Waals surface area (Å²) in [4.78, 5) is 13.4. The van der Waals surface area contributed by atoms with E-state index in [0.29, 0.717) is 6.54 Å². The fourth-order valence-electron chi connectivity index (χ4n) is 1.47. The Bertz CT molecular complexity index is 505. The van der Waals surface area contributed by atoms with Crippen LogP contribution in [0.2, 0.25) is 0 Å². The molecule has 1 heterocycles. The third-order valence-electron chi connectivity index (χ3n) is 2.34. The van der Waals surface area contributed by atoms with Gasteiger partial charge in [0.2, 0.25) is 0 Å². The first kappa shape index (κ1) is 14.5. The summed E-state index contributed by atoms with van der Waals surface area (Å²) in [7, 11) is 0. The fraction of sp³-hybridized carbons (Fsp3) is 0.200. The Kier molecular flexibility index (Phi) is 5.90. The first-order chi connectivity index (χ1) is 9.22. The number of rotatable bonds is 5. The fourth-order valence-corrected chi connectivity index (χ4v) is 1.47. The van der Waals surface area contributed by atoms with Crippen LogP contribution >= 0.6 is 0 Å². The number of hydrogen-bond donors (Lipinski definition) is 0. The van der Waals surface area contributed by atoms with Crippen LogP contribution in [0.5, 0.6) is 0 Å². The quantitative estimate of drug-likeness (QED) is 0.328. The van der Waals surface area contributed by atoms with Crippen LogP contribution in [-0.2, 0) is 9.53 Å². The van der Waals surface area contributed by atoms with E-state index in [2.05, 4.69) is 6.58 Å². The lowest BCUT2D eigenvalue weighted by molar-refractivity contribution is -0.138. The molecule has 1 aliphatic heterocycles. The van der Waals surface area contributed by atoms with Crippen LogP contribution in [-0.4, -0.2) is 24.0 Å². The Hall–Kier alpha value is -2.54. The molecule has 0 aromatic heterocycles. The Morgan fingerprint density at radius 1 is 1.58 bits per heavy atom. The molecule has 0 N–H and O–H groups in total. The number of nitriles is 1. The minimum absolute atomic E-state index is 0.0177. The van der Waals surface area contributed by atoms with Crippen LogP contribution in [0.25, 0.3) is 0 Å². The normalized spacial score (nSPS) is 16.3. The number of allylic oxidation sites excluding steroid dienone is 5. The van der Waals surface area contributed by atoms with Crippen LogP contribution < -0.4 is 0 Å². The van der Waals surface area contributed by atoms with Gasteiger partial charge in [0.05, 0.1) is 6.61 Å². The number of hydrogen-bond acceptors (Lipinski definition) is 4. The molecule has 0 amide bonds. The van der Waals surface area contributed by atoms with E-state index in [9.17, 15) is 4.79 Å². The average molecular weight is 256 g/mol. The zero-order chi connectivity index (χ0) is 14.1. The SMILES string of the molecule is C=CCN1C=CC=C/C1=C\C=C(/C#N)C(=O)OCC. The molecule has 0 saturated heterocycles. The molecule has 4 nitrogen and oxygen atoms in total. The molecule has 0 saturated carbocycles. The summed E-state index contributed by atoms with van der Waals surface area (Å²) in [5.41, 5.74) is 0.857. The molecule has 0 spiro atoms. The monoisotopic (exact) mass is 256 g/mol. The Labute approximate surface area is 113 Å². The second kappa shape index (κ2) is 7.72. The largest absolute Gasteiger partial charge is 0.462 e. The van der Waals surface area contributed by atoms with Crippen molar-refractivity contribution < 1.29 is 9.53 Å². The van der Waals surface area contributed by atoms with Crippen LogP contribution in [0.4, 0.5) is 0 Å². The van der Waals surface area contributed by atoms with Crippen LogP contribution in [0, 0.1) is 11.3 Å². The summed E-state index contributed by atoms with van der Waals surface area (Å²) in [5, 5.41) is 8.91.